The van der Waals surface area contributed by atoms with Crippen molar-refractivity contribution >= 4 is 56.5 Å². The fraction of sp³-hybridized carbons (Fsp3) is 0.226. The number of carbonyl (C=O) groups is 1. The SMILES string of the molecule is Cn1c2ccccc2c2cc([C@@H]3C(C#N)=C(N)N(c4cc(Cl)cc(Cl)c4)C4=C3C(=O)CC(C)(C)C4)ccc21. The van der Waals surface area contributed by atoms with Crippen molar-refractivity contribution in [2.75, 3.05) is 4.90 Å². The molecule has 2 aliphatic rings. The lowest BCUT2D eigenvalue weighted by atomic mass is 9.68. The molecule has 6 rings (SSSR count). The van der Waals surface area contributed by atoms with E-state index in [-0.39, 0.29) is 17.0 Å². The van der Waals surface area contributed by atoms with E-state index in [1.165, 1.54) is 0 Å². The van der Waals surface area contributed by atoms with Crippen molar-refractivity contribution in [3.63, 3.8) is 0 Å². The molecule has 7 heteroatoms. The van der Waals surface area contributed by atoms with Crippen molar-refractivity contribution in [3.8, 4) is 6.07 Å². The monoisotopic (exact) mass is 540 g/mol. The normalized spacial score (nSPS) is 19.3. The number of rotatable bonds is 2. The molecule has 0 saturated heterocycles. The number of nitriles is 1. The Bertz CT molecular complexity index is 1770. The summed E-state index contributed by atoms with van der Waals surface area (Å²) in [6.45, 7) is 4.16. The molecule has 38 heavy (non-hydrogen) atoms. The number of nitrogens with two attached hydrogens (primary N) is 1. The molecule has 1 aromatic heterocycles. The van der Waals surface area contributed by atoms with Gasteiger partial charge in [-0.1, -0.05) is 61.3 Å². The summed E-state index contributed by atoms with van der Waals surface area (Å²) in [5.74, 6) is -0.247. The molecule has 1 aliphatic carbocycles. The first-order valence-corrected chi connectivity index (χ1v) is 13.2. The Kier molecular flexibility index (Phi) is 5.61. The van der Waals surface area contributed by atoms with Crippen LogP contribution in [0.15, 0.2) is 83.3 Å². The summed E-state index contributed by atoms with van der Waals surface area (Å²) in [6.07, 6.45) is 1.01. The Morgan fingerprint density at radius 2 is 1.66 bits per heavy atom. The van der Waals surface area contributed by atoms with E-state index in [9.17, 15) is 10.1 Å². The number of ketones is 1. The summed E-state index contributed by atoms with van der Waals surface area (Å²) < 4.78 is 2.16. The number of para-hydroxylation sites is 1. The van der Waals surface area contributed by atoms with Crippen LogP contribution in [0.1, 0.15) is 38.2 Å². The smallest absolute Gasteiger partial charge is 0.162 e. The van der Waals surface area contributed by atoms with Gasteiger partial charge < -0.3 is 10.3 Å². The van der Waals surface area contributed by atoms with Crippen LogP contribution in [-0.2, 0) is 11.8 Å². The van der Waals surface area contributed by atoms with Crippen molar-refractivity contribution in [1.29, 1.82) is 5.26 Å². The number of aromatic nitrogens is 1. The average Bonchev–Trinajstić information content (AvgIpc) is 3.13. The van der Waals surface area contributed by atoms with Crippen molar-refractivity contribution in [3.05, 3.63) is 98.9 Å². The Labute approximate surface area is 231 Å². The highest BCUT2D eigenvalue weighted by Gasteiger charge is 2.44. The van der Waals surface area contributed by atoms with E-state index in [4.69, 9.17) is 28.9 Å². The van der Waals surface area contributed by atoms with Crippen LogP contribution in [0.25, 0.3) is 21.8 Å². The maximum Gasteiger partial charge on any atom is 0.162 e. The van der Waals surface area contributed by atoms with Gasteiger partial charge in [-0.25, -0.2) is 0 Å². The van der Waals surface area contributed by atoms with Gasteiger partial charge in [0.2, 0.25) is 0 Å². The molecule has 0 radical (unpaired) electrons. The quantitative estimate of drug-likeness (QED) is 0.284. The highest BCUT2D eigenvalue weighted by Crippen LogP contribution is 2.51. The van der Waals surface area contributed by atoms with Crippen LogP contribution < -0.4 is 10.6 Å². The minimum Gasteiger partial charge on any atom is -0.384 e. The highest BCUT2D eigenvalue weighted by atomic mass is 35.5. The van der Waals surface area contributed by atoms with Crippen molar-refractivity contribution in [2.24, 2.45) is 18.2 Å². The lowest BCUT2D eigenvalue weighted by Gasteiger charge is -2.43. The first kappa shape index (κ1) is 24.6. The second-order valence-corrected chi connectivity index (χ2v) is 11.8. The van der Waals surface area contributed by atoms with Crippen LogP contribution in [0.5, 0.6) is 0 Å². The van der Waals surface area contributed by atoms with Crippen LogP contribution in [0.2, 0.25) is 10.0 Å². The minimum absolute atomic E-state index is 0.0256. The Morgan fingerprint density at radius 1 is 0.974 bits per heavy atom. The summed E-state index contributed by atoms with van der Waals surface area (Å²) in [4.78, 5) is 15.7. The van der Waals surface area contributed by atoms with Gasteiger partial charge in [-0.15, -0.1) is 0 Å². The topological polar surface area (TPSA) is 75.0 Å². The molecule has 0 spiro atoms. The number of anilines is 1. The first-order chi connectivity index (χ1) is 18.1. The van der Waals surface area contributed by atoms with Gasteiger partial charge in [0.15, 0.2) is 5.78 Å². The summed E-state index contributed by atoms with van der Waals surface area (Å²) in [5.41, 5.74) is 12.0. The van der Waals surface area contributed by atoms with Gasteiger partial charge in [-0.05, 0) is 53.8 Å². The number of hydrogen-bond donors (Lipinski definition) is 1. The second-order valence-electron chi connectivity index (χ2n) is 11.0. The zero-order chi connectivity index (χ0) is 26.9. The largest absolute Gasteiger partial charge is 0.384 e. The standard InChI is InChI=1S/C31H26Cl2N4O/c1-31(2)14-26-29(27(38)15-31)28(23(16-34)30(35)37(26)20-12-18(32)11-19(33)13-20)17-8-9-25-22(10-17)21-6-4-5-7-24(21)36(25)3/h4-13,28H,14-15,35H2,1-3H3/t28-/m1/s1. The Balaban J connectivity index is 1.63. The fourth-order valence-corrected chi connectivity index (χ4v) is 6.69. The third-order valence-electron chi connectivity index (χ3n) is 7.76. The predicted octanol–water partition coefficient (Wildman–Crippen LogP) is 7.58. The summed E-state index contributed by atoms with van der Waals surface area (Å²) in [6, 6.07) is 21.9. The molecule has 4 aromatic rings. The van der Waals surface area contributed by atoms with Gasteiger partial charge in [0, 0.05) is 56.6 Å². The number of allylic oxidation sites excluding steroid dienone is 3. The summed E-state index contributed by atoms with van der Waals surface area (Å²) >= 11 is 12.7. The molecule has 0 amide bonds. The van der Waals surface area contributed by atoms with Gasteiger partial charge in [0.05, 0.1) is 23.2 Å². The third-order valence-corrected chi connectivity index (χ3v) is 8.19. The van der Waals surface area contributed by atoms with Gasteiger partial charge in [-0.2, -0.15) is 5.26 Å². The van der Waals surface area contributed by atoms with Gasteiger partial charge in [0.1, 0.15) is 5.82 Å². The lowest BCUT2D eigenvalue weighted by molar-refractivity contribution is -0.118. The number of aryl methyl sites for hydroxylation is 1. The molecule has 0 saturated carbocycles. The molecule has 0 bridgehead atoms. The molecule has 3 aromatic carbocycles. The zero-order valence-electron chi connectivity index (χ0n) is 21.3. The molecule has 2 N–H and O–H groups in total. The summed E-state index contributed by atoms with van der Waals surface area (Å²) in [5, 5.41) is 13.5. The van der Waals surface area contributed by atoms with Gasteiger partial charge in [0.25, 0.3) is 0 Å². The number of halogens is 2. The average molecular weight is 541 g/mol. The number of fused-ring (bicyclic) bond motifs is 3. The molecule has 5 nitrogen and oxygen atoms in total. The first-order valence-electron chi connectivity index (χ1n) is 12.5. The van der Waals surface area contributed by atoms with Crippen LogP contribution in [-0.4, -0.2) is 10.4 Å². The molecule has 0 unspecified atom stereocenters. The number of carbonyl (C=O) groups excluding carboxylic acids is 1. The number of Topliss-reactive ketones (excluding diaryl/α,β-unsaturated/α-hetero) is 1. The van der Waals surface area contributed by atoms with Gasteiger partial charge >= 0.3 is 0 Å². The molecular formula is C31H26Cl2N4O. The van der Waals surface area contributed by atoms with E-state index in [1.54, 1.807) is 23.1 Å². The van der Waals surface area contributed by atoms with Crippen LogP contribution in [0.4, 0.5) is 5.69 Å². The Morgan fingerprint density at radius 3 is 2.37 bits per heavy atom. The maximum atomic E-state index is 13.9. The highest BCUT2D eigenvalue weighted by molar-refractivity contribution is 6.35. The van der Waals surface area contributed by atoms with Crippen molar-refractivity contribution in [2.45, 2.75) is 32.6 Å². The van der Waals surface area contributed by atoms with Crippen molar-refractivity contribution < 1.29 is 4.79 Å². The van der Waals surface area contributed by atoms with E-state index in [0.717, 1.165) is 33.1 Å². The van der Waals surface area contributed by atoms with E-state index in [1.807, 2.05) is 25.2 Å². The number of nitrogens with zero attached hydrogens (tertiary/aromatic N) is 3. The third kappa shape index (κ3) is 3.71. The van der Waals surface area contributed by atoms with Crippen LogP contribution in [0, 0.1) is 16.7 Å². The summed E-state index contributed by atoms with van der Waals surface area (Å²) in [7, 11) is 2.05. The lowest BCUT2D eigenvalue weighted by Crippen LogP contribution is -2.42. The maximum absolute atomic E-state index is 13.9. The molecule has 1 atom stereocenters. The molecule has 1 aliphatic heterocycles. The van der Waals surface area contributed by atoms with Gasteiger partial charge in [-0.3, -0.25) is 9.69 Å². The minimum atomic E-state index is -0.562. The fourth-order valence-electron chi connectivity index (χ4n) is 6.17. The molecule has 0 fully saturated rings. The van der Waals surface area contributed by atoms with E-state index in [0.29, 0.717) is 39.7 Å². The van der Waals surface area contributed by atoms with E-state index >= 15 is 0 Å². The number of hydrogen-bond acceptors (Lipinski definition) is 4. The molecule has 2 heterocycles. The van der Waals surface area contributed by atoms with Crippen LogP contribution in [0.3, 0.4) is 0 Å². The zero-order valence-corrected chi connectivity index (χ0v) is 22.9. The molecular weight excluding hydrogens is 515 g/mol. The predicted molar refractivity (Wildman–Crippen MR) is 154 cm³/mol. The van der Waals surface area contributed by atoms with E-state index < -0.39 is 5.92 Å². The van der Waals surface area contributed by atoms with Crippen molar-refractivity contribution in [1.82, 2.24) is 4.57 Å². The van der Waals surface area contributed by atoms with Crippen LogP contribution >= 0.6 is 23.2 Å². The second kappa shape index (κ2) is 8.66. The molecule has 190 valence electrons. The number of benzene rings is 3. The van der Waals surface area contributed by atoms with E-state index in [2.05, 4.69) is 48.7 Å². The Hall–Kier alpha value is -3.72.